The van der Waals surface area contributed by atoms with Gasteiger partial charge in [0.05, 0.1) is 18.8 Å². The van der Waals surface area contributed by atoms with Crippen LogP contribution in [0.3, 0.4) is 0 Å². The Kier molecular flexibility index (Phi) is 6.72. The fraction of sp³-hybridized carbons (Fsp3) is 0.333. The van der Waals surface area contributed by atoms with Crippen molar-refractivity contribution in [3.05, 3.63) is 76.2 Å². The second-order valence-corrected chi connectivity index (χ2v) is 7.24. The Hall–Kier alpha value is -2.08. The number of benzene rings is 2. The Bertz CT molecular complexity index is 812. The number of nitrogens with zero attached hydrogens (tertiary/aromatic N) is 2. The predicted octanol–water partition coefficient (Wildman–Crippen LogP) is 4.23. The van der Waals surface area contributed by atoms with Gasteiger partial charge in [0.1, 0.15) is 5.82 Å². The molecule has 3 rings (SSSR count). The van der Waals surface area contributed by atoms with Crippen molar-refractivity contribution in [3.63, 3.8) is 0 Å². The summed E-state index contributed by atoms with van der Waals surface area (Å²) in [6, 6.07) is 14.6. The van der Waals surface area contributed by atoms with Crippen molar-refractivity contribution in [3.8, 4) is 0 Å². The Morgan fingerprint density at radius 3 is 2.74 bits per heavy atom. The standard InChI is InChI=1S/C21H25ClFN3O/c1-25(13-16-5-3-7-19(23)11-16)14-17-15-26(24-21(17)9-10-27-2)20-8-4-6-18(22)12-20/h3-8,11-12,24H,9-10,13-15H2,1-2H3. The van der Waals surface area contributed by atoms with Gasteiger partial charge in [-0.2, -0.15) is 0 Å². The molecule has 0 aromatic heterocycles. The molecular formula is C21H25ClFN3O. The lowest BCUT2D eigenvalue weighted by molar-refractivity contribution is 0.200. The molecule has 1 aliphatic heterocycles. The highest BCUT2D eigenvalue weighted by Gasteiger charge is 2.22. The molecule has 0 bridgehead atoms. The third kappa shape index (κ3) is 5.45. The van der Waals surface area contributed by atoms with Gasteiger partial charge >= 0.3 is 0 Å². The number of hydrogen-bond acceptors (Lipinski definition) is 4. The molecule has 0 saturated heterocycles. The fourth-order valence-electron chi connectivity index (χ4n) is 3.28. The largest absolute Gasteiger partial charge is 0.384 e. The number of ether oxygens (including phenoxy) is 1. The molecule has 1 N–H and O–H groups in total. The van der Waals surface area contributed by atoms with E-state index in [2.05, 4.69) is 15.3 Å². The van der Waals surface area contributed by atoms with Crippen LogP contribution in [0.5, 0.6) is 0 Å². The van der Waals surface area contributed by atoms with E-state index in [1.165, 1.54) is 17.3 Å². The Morgan fingerprint density at radius 1 is 1.19 bits per heavy atom. The number of methoxy groups -OCH3 is 1. The number of rotatable bonds is 8. The lowest BCUT2D eigenvalue weighted by atomic mass is 10.1. The SMILES string of the molecule is COCCC1=C(CN(C)Cc2cccc(F)c2)CN(c2cccc(Cl)c2)N1. The first-order valence-corrected chi connectivity index (χ1v) is 9.35. The Labute approximate surface area is 165 Å². The van der Waals surface area contributed by atoms with E-state index >= 15 is 0 Å². The van der Waals surface area contributed by atoms with Crippen LogP contribution in [-0.2, 0) is 11.3 Å². The molecule has 0 fully saturated rings. The molecule has 4 nitrogen and oxygen atoms in total. The first-order chi connectivity index (χ1) is 13.0. The van der Waals surface area contributed by atoms with Crippen LogP contribution in [0.15, 0.2) is 59.8 Å². The van der Waals surface area contributed by atoms with E-state index < -0.39 is 0 Å². The third-order valence-corrected chi connectivity index (χ3v) is 4.76. The van der Waals surface area contributed by atoms with Crippen LogP contribution < -0.4 is 10.4 Å². The van der Waals surface area contributed by atoms with Crippen molar-refractivity contribution in [2.45, 2.75) is 13.0 Å². The van der Waals surface area contributed by atoms with Crippen molar-refractivity contribution in [1.82, 2.24) is 10.3 Å². The van der Waals surface area contributed by atoms with E-state index in [0.717, 1.165) is 30.8 Å². The maximum atomic E-state index is 13.4. The molecule has 2 aromatic rings. The van der Waals surface area contributed by atoms with Gasteiger partial charge < -0.3 is 10.2 Å². The summed E-state index contributed by atoms with van der Waals surface area (Å²) in [6.07, 6.45) is 0.816. The highest BCUT2D eigenvalue weighted by atomic mass is 35.5. The predicted molar refractivity (Wildman–Crippen MR) is 108 cm³/mol. The van der Waals surface area contributed by atoms with Crippen molar-refractivity contribution in [1.29, 1.82) is 0 Å². The Balaban J connectivity index is 1.69. The van der Waals surface area contributed by atoms with Crippen LogP contribution in [0, 0.1) is 5.82 Å². The van der Waals surface area contributed by atoms with Gasteiger partial charge in [-0.05, 0) is 48.5 Å². The summed E-state index contributed by atoms with van der Waals surface area (Å²) in [7, 11) is 3.76. The zero-order valence-corrected chi connectivity index (χ0v) is 16.5. The van der Waals surface area contributed by atoms with Crippen LogP contribution >= 0.6 is 11.6 Å². The van der Waals surface area contributed by atoms with Crippen LogP contribution in [0.4, 0.5) is 10.1 Å². The lowest BCUT2D eigenvalue weighted by Gasteiger charge is -2.21. The topological polar surface area (TPSA) is 27.7 Å². The highest BCUT2D eigenvalue weighted by molar-refractivity contribution is 6.30. The zero-order valence-electron chi connectivity index (χ0n) is 15.7. The molecule has 2 aromatic carbocycles. The van der Waals surface area contributed by atoms with E-state index in [1.54, 1.807) is 19.2 Å². The summed E-state index contributed by atoms with van der Waals surface area (Å²) in [5, 5.41) is 2.81. The van der Waals surface area contributed by atoms with Crippen LogP contribution in [0.25, 0.3) is 0 Å². The summed E-state index contributed by atoms with van der Waals surface area (Å²) in [5.74, 6) is -0.199. The lowest BCUT2D eigenvalue weighted by Crippen LogP contribution is -2.32. The van der Waals surface area contributed by atoms with Crippen molar-refractivity contribution in [2.75, 3.05) is 38.9 Å². The van der Waals surface area contributed by atoms with Gasteiger partial charge in [-0.25, -0.2) is 4.39 Å². The smallest absolute Gasteiger partial charge is 0.123 e. The van der Waals surface area contributed by atoms with E-state index in [4.69, 9.17) is 16.3 Å². The first kappa shape index (κ1) is 19.7. The van der Waals surface area contributed by atoms with Gasteiger partial charge in [0.25, 0.3) is 0 Å². The number of hydrazine groups is 1. The molecule has 27 heavy (non-hydrogen) atoms. The molecule has 1 aliphatic rings. The summed E-state index contributed by atoms with van der Waals surface area (Å²) in [6.45, 7) is 2.91. The van der Waals surface area contributed by atoms with Crippen molar-refractivity contribution < 1.29 is 9.13 Å². The Morgan fingerprint density at radius 2 is 2.00 bits per heavy atom. The molecule has 0 atom stereocenters. The van der Waals surface area contributed by atoms with E-state index in [1.807, 2.05) is 37.4 Å². The summed E-state index contributed by atoms with van der Waals surface area (Å²) in [4.78, 5) is 2.19. The molecule has 0 amide bonds. The molecule has 0 unspecified atom stereocenters. The molecule has 0 spiro atoms. The quantitative estimate of drug-likeness (QED) is 0.731. The fourth-order valence-corrected chi connectivity index (χ4v) is 3.46. The minimum absolute atomic E-state index is 0.199. The van der Waals surface area contributed by atoms with Gasteiger partial charge in [0.15, 0.2) is 0 Å². The highest BCUT2D eigenvalue weighted by Crippen LogP contribution is 2.25. The van der Waals surface area contributed by atoms with Crippen molar-refractivity contribution in [2.24, 2.45) is 0 Å². The summed E-state index contributed by atoms with van der Waals surface area (Å²) >= 11 is 6.14. The second kappa shape index (κ2) is 9.22. The van der Waals surface area contributed by atoms with Crippen LogP contribution in [0.2, 0.25) is 5.02 Å². The normalized spacial score (nSPS) is 14.2. The molecule has 144 valence electrons. The summed E-state index contributed by atoms with van der Waals surface area (Å²) < 4.78 is 18.7. The maximum Gasteiger partial charge on any atom is 0.123 e. The molecule has 0 radical (unpaired) electrons. The monoisotopic (exact) mass is 389 g/mol. The average molecular weight is 390 g/mol. The van der Waals surface area contributed by atoms with E-state index in [0.29, 0.717) is 18.2 Å². The van der Waals surface area contributed by atoms with Gasteiger partial charge in [-0.1, -0.05) is 29.8 Å². The third-order valence-electron chi connectivity index (χ3n) is 4.52. The summed E-state index contributed by atoms with van der Waals surface area (Å²) in [5.41, 5.74) is 7.95. The van der Waals surface area contributed by atoms with Gasteiger partial charge in [0, 0.05) is 37.3 Å². The number of anilines is 1. The molecule has 0 aliphatic carbocycles. The zero-order chi connectivity index (χ0) is 19.2. The molecular weight excluding hydrogens is 365 g/mol. The van der Waals surface area contributed by atoms with Gasteiger partial charge in [-0.15, -0.1) is 0 Å². The van der Waals surface area contributed by atoms with Crippen LogP contribution in [-0.4, -0.2) is 38.8 Å². The molecule has 6 heteroatoms. The number of halogens is 2. The van der Waals surface area contributed by atoms with E-state index in [-0.39, 0.29) is 5.82 Å². The minimum atomic E-state index is -0.199. The molecule has 0 saturated carbocycles. The van der Waals surface area contributed by atoms with Crippen LogP contribution in [0.1, 0.15) is 12.0 Å². The first-order valence-electron chi connectivity index (χ1n) is 8.97. The molecule has 1 heterocycles. The number of nitrogens with one attached hydrogen (secondary N) is 1. The number of likely N-dealkylation sites (N-methyl/N-ethyl adjacent to an activating group) is 1. The van der Waals surface area contributed by atoms with Gasteiger partial charge in [-0.3, -0.25) is 9.91 Å². The maximum absolute atomic E-state index is 13.4. The van der Waals surface area contributed by atoms with Gasteiger partial charge in [0.2, 0.25) is 0 Å². The van der Waals surface area contributed by atoms with E-state index in [9.17, 15) is 4.39 Å². The van der Waals surface area contributed by atoms with Crippen molar-refractivity contribution >= 4 is 17.3 Å². The second-order valence-electron chi connectivity index (χ2n) is 6.80. The minimum Gasteiger partial charge on any atom is -0.384 e. The number of hydrogen-bond donors (Lipinski definition) is 1. The average Bonchev–Trinajstić information content (AvgIpc) is 3.02.